The monoisotopic (exact) mass is 594 g/mol. The van der Waals surface area contributed by atoms with E-state index < -0.39 is 23.3 Å². The van der Waals surface area contributed by atoms with Crippen LogP contribution in [0.5, 0.6) is 0 Å². The zero-order valence-corrected chi connectivity index (χ0v) is 24.2. The molecule has 1 saturated heterocycles. The molecule has 2 amide bonds. The zero-order valence-electron chi connectivity index (χ0n) is 24.2. The molecule has 2 heterocycles. The van der Waals surface area contributed by atoms with E-state index >= 15 is 0 Å². The zero-order chi connectivity index (χ0) is 30.9. The van der Waals surface area contributed by atoms with Crippen LogP contribution in [0.2, 0.25) is 0 Å². The molecule has 2 unspecified atom stereocenters. The van der Waals surface area contributed by atoms with E-state index in [1.165, 1.54) is 18.6 Å². The molecule has 11 heteroatoms. The fraction of sp³-hybridized carbons (Fsp3) is 0.375. The molecular formula is C32H37F3N6O2. The number of benzene rings is 1. The first-order chi connectivity index (χ1) is 20.6. The van der Waals surface area contributed by atoms with Gasteiger partial charge in [-0.1, -0.05) is 43.7 Å². The Morgan fingerprint density at radius 2 is 1.91 bits per heavy atom. The van der Waals surface area contributed by atoms with Gasteiger partial charge < -0.3 is 20.9 Å². The number of carbonyl (C=O) groups is 2. The lowest BCUT2D eigenvalue weighted by atomic mass is 9.75. The lowest BCUT2D eigenvalue weighted by Gasteiger charge is -2.37. The number of aromatic nitrogens is 1. The molecule has 1 aliphatic carbocycles. The van der Waals surface area contributed by atoms with Crippen LogP contribution in [-0.4, -0.2) is 60.6 Å². The van der Waals surface area contributed by atoms with E-state index in [4.69, 9.17) is 0 Å². The van der Waals surface area contributed by atoms with Crippen molar-refractivity contribution in [1.82, 2.24) is 15.2 Å². The molecule has 2 aliphatic rings. The summed E-state index contributed by atoms with van der Waals surface area (Å²) in [4.78, 5) is 35.8. The summed E-state index contributed by atoms with van der Waals surface area (Å²) in [5.74, 6) is -0.686. The number of amides is 2. The number of piperidine rings is 1. The number of aliphatic imine (C=N–C) groups is 1. The molecule has 0 saturated carbocycles. The molecule has 0 radical (unpaired) electrons. The van der Waals surface area contributed by atoms with Crippen LogP contribution < -0.4 is 16.0 Å². The fourth-order valence-electron chi connectivity index (χ4n) is 5.19. The Morgan fingerprint density at radius 3 is 2.56 bits per heavy atom. The topological polar surface area (TPSA) is 98.7 Å². The van der Waals surface area contributed by atoms with Crippen molar-refractivity contribution < 1.29 is 22.8 Å². The number of carbonyl (C=O) groups excluding carboxylic acids is 2. The lowest BCUT2D eigenvalue weighted by Crippen LogP contribution is -2.53. The van der Waals surface area contributed by atoms with Crippen molar-refractivity contribution in [2.45, 2.75) is 44.8 Å². The summed E-state index contributed by atoms with van der Waals surface area (Å²) in [7, 11) is 0. The van der Waals surface area contributed by atoms with Crippen molar-refractivity contribution in [1.29, 1.82) is 0 Å². The molecule has 1 aliphatic heterocycles. The van der Waals surface area contributed by atoms with Gasteiger partial charge in [-0.05, 0) is 75.0 Å². The predicted octanol–water partition coefficient (Wildman–Crippen LogP) is 5.90. The molecule has 4 rings (SSSR count). The number of nitrogens with one attached hydrogen (secondary N) is 3. The number of hydrogen-bond acceptors (Lipinski definition) is 6. The third-order valence-electron chi connectivity index (χ3n) is 7.66. The third kappa shape index (κ3) is 8.95. The standard InChI is InChI=1S/C32H37F3N6O2/c1-31(16-14-23(15-17-31)10-13-28(42)40-26-9-5-4-8-25(26)36-2)29(37-18-21-41-19-6-3-7-20-41)30(43)39-24-11-12-27(38-22-24)32(33,34)35/h4-5,8-16,22,29,37H,2-3,6-7,17-21H2,1H3,(H,39,43)(H,40,42)/b13-10+. The van der Waals surface area contributed by atoms with Gasteiger partial charge in [-0.15, -0.1) is 0 Å². The van der Waals surface area contributed by atoms with E-state index in [1.54, 1.807) is 30.3 Å². The number of nitrogens with zero attached hydrogens (tertiary/aromatic N) is 3. The number of allylic oxidation sites excluding steroid dienone is 4. The Hall–Kier alpha value is -4.09. The maximum atomic E-state index is 13.5. The van der Waals surface area contributed by atoms with E-state index in [0.717, 1.165) is 50.3 Å². The predicted molar refractivity (Wildman–Crippen MR) is 163 cm³/mol. The summed E-state index contributed by atoms with van der Waals surface area (Å²) in [5, 5.41) is 8.93. The lowest BCUT2D eigenvalue weighted by molar-refractivity contribution is -0.141. The van der Waals surface area contributed by atoms with E-state index in [-0.39, 0.29) is 17.5 Å². The second-order valence-corrected chi connectivity index (χ2v) is 11.0. The Balaban J connectivity index is 1.43. The number of likely N-dealkylation sites (tertiary alicyclic amines) is 1. The molecule has 43 heavy (non-hydrogen) atoms. The minimum atomic E-state index is -4.56. The van der Waals surface area contributed by atoms with Gasteiger partial charge in [0.15, 0.2) is 0 Å². The van der Waals surface area contributed by atoms with E-state index in [0.29, 0.717) is 24.3 Å². The van der Waals surface area contributed by atoms with Crippen LogP contribution >= 0.6 is 0 Å². The number of halogens is 3. The average Bonchev–Trinajstić information content (AvgIpc) is 2.99. The van der Waals surface area contributed by atoms with Crippen LogP contribution in [0.15, 0.2) is 83.5 Å². The Kier molecular flexibility index (Phi) is 10.7. The molecular weight excluding hydrogens is 557 g/mol. The van der Waals surface area contributed by atoms with Gasteiger partial charge in [0.1, 0.15) is 5.69 Å². The fourth-order valence-corrected chi connectivity index (χ4v) is 5.19. The number of hydrogen-bond donors (Lipinski definition) is 3. The van der Waals surface area contributed by atoms with Crippen molar-refractivity contribution in [3.8, 4) is 0 Å². The van der Waals surface area contributed by atoms with Crippen LogP contribution in [0.3, 0.4) is 0 Å². The van der Waals surface area contributed by atoms with Crippen molar-refractivity contribution in [3.05, 3.63) is 84.2 Å². The second-order valence-electron chi connectivity index (χ2n) is 11.0. The number of pyridine rings is 1. The van der Waals surface area contributed by atoms with Gasteiger partial charge in [0.05, 0.1) is 29.3 Å². The molecule has 2 aromatic rings. The van der Waals surface area contributed by atoms with E-state index in [9.17, 15) is 22.8 Å². The van der Waals surface area contributed by atoms with Gasteiger partial charge in [0.25, 0.3) is 0 Å². The van der Waals surface area contributed by atoms with Gasteiger partial charge in [0.2, 0.25) is 11.8 Å². The van der Waals surface area contributed by atoms with Crippen molar-refractivity contribution in [2.24, 2.45) is 10.4 Å². The minimum absolute atomic E-state index is 0.183. The largest absolute Gasteiger partial charge is 0.433 e. The maximum absolute atomic E-state index is 13.5. The highest BCUT2D eigenvalue weighted by atomic mass is 19.4. The summed E-state index contributed by atoms with van der Waals surface area (Å²) in [5.41, 5.74) is 0.454. The summed E-state index contributed by atoms with van der Waals surface area (Å²) in [6, 6.07) is 8.47. The molecule has 228 valence electrons. The highest BCUT2D eigenvalue weighted by molar-refractivity contribution is 6.01. The first-order valence-electron chi connectivity index (χ1n) is 14.3. The molecule has 1 fully saturated rings. The van der Waals surface area contributed by atoms with Crippen LogP contribution in [0.1, 0.15) is 38.3 Å². The maximum Gasteiger partial charge on any atom is 0.433 e. The molecule has 8 nitrogen and oxygen atoms in total. The average molecular weight is 595 g/mol. The summed E-state index contributed by atoms with van der Waals surface area (Å²) < 4.78 is 38.8. The highest BCUT2D eigenvalue weighted by Gasteiger charge is 2.38. The number of rotatable bonds is 11. The van der Waals surface area contributed by atoms with Crippen LogP contribution in [0.4, 0.5) is 30.2 Å². The Bertz CT molecular complexity index is 1380. The molecule has 1 aromatic carbocycles. The van der Waals surface area contributed by atoms with Gasteiger partial charge in [-0.2, -0.15) is 13.2 Å². The summed E-state index contributed by atoms with van der Waals surface area (Å²) in [6.45, 7) is 8.88. The Morgan fingerprint density at radius 1 is 1.14 bits per heavy atom. The molecule has 2 atom stereocenters. The number of anilines is 2. The normalized spacial score (nSPS) is 20.0. The van der Waals surface area contributed by atoms with Gasteiger partial charge >= 0.3 is 6.18 Å². The number of alkyl halides is 3. The molecule has 1 aromatic heterocycles. The quantitative estimate of drug-likeness (QED) is 0.222. The molecule has 0 bridgehead atoms. The second kappa shape index (κ2) is 14.4. The summed E-state index contributed by atoms with van der Waals surface area (Å²) in [6.07, 6.45) is 9.36. The summed E-state index contributed by atoms with van der Waals surface area (Å²) >= 11 is 0. The van der Waals surface area contributed by atoms with Gasteiger partial charge in [0, 0.05) is 24.6 Å². The van der Waals surface area contributed by atoms with E-state index in [2.05, 4.69) is 37.5 Å². The number of para-hydroxylation sites is 2. The Labute approximate surface area is 249 Å². The first kappa shape index (κ1) is 31.8. The highest BCUT2D eigenvalue weighted by Crippen LogP contribution is 2.34. The van der Waals surface area contributed by atoms with Crippen molar-refractivity contribution >= 4 is 35.6 Å². The van der Waals surface area contributed by atoms with Crippen LogP contribution in [0.25, 0.3) is 0 Å². The van der Waals surface area contributed by atoms with Gasteiger partial charge in [-0.3, -0.25) is 14.6 Å². The van der Waals surface area contributed by atoms with Crippen LogP contribution in [-0.2, 0) is 15.8 Å². The van der Waals surface area contributed by atoms with Crippen molar-refractivity contribution in [3.63, 3.8) is 0 Å². The minimum Gasteiger partial charge on any atom is -0.323 e. The smallest absolute Gasteiger partial charge is 0.323 e. The molecule has 0 spiro atoms. The van der Waals surface area contributed by atoms with Gasteiger partial charge in [-0.25, -0.2) is 4.98 Å². The molecule has 3 N–H and O–H groups in total. The van der Waals surface area contributed by atoms with Crippen molar-refractivity contribution in [2.75, 3.05) is 36.8 Å². The third-order valence-corrected chi connectivity index (χ3v) is 7.66. The first-order valence-corrected chi connectivity index (χ1v) is 14.3. The van der Waals surface area contributed by atoms with E-state index in [1.807, 2.05) is 25.2 Å². The SMILES string of the molecule is C=Nc1ccccc1NC(=O)/C=C/C1=CCC(C)(C(NCCN2CCCCC2)C(=O)Nc2ccc(C(F)(F)F)nc2)C=C1. The van der Waals surface area contributed by atoms with Crippen LogP contribution in [0, 0.1) is 5.41 Å².